The number of amides is 2. The Kier molecular flexibility index (Phi) is 6.26. The van der Waals surface area contributed by atoms with Crippen molar-refractivity contribution in [3.63, 3.8) is 0 Å². The first-order valence-corrected chi connectivity index (χ1v) is 8.98. The molecule has 5 heteroatoms. The second kappa shape index (κ2) is 8.25. The third kappa shape index (κ3) is 5.33. The summed E-state index contributed by atoms with van der Waals surface area (Å²) >= 11 is 0. The van der Waals surface area contributed by atoms with Crippen LogP contribution in [0.4, 0.5) is 5.69 Å². The van der Waals surface area contributed by atoms with Crippen LogP contribution in [0.15, 0.2) is 42.5 Å². The summed E-state index contributed by atoms with van der Waals surface area (Å²) < 4.78 is 5.27. The zero-order chi connectivity index (χ0) is 20.2. The molecular formula is C22H28N2O3. The van der Waals surface area contributed by atoms with Crippen molar-refractivity contribution in [1.29, 1.82) is 0 Å². The Hall–Kier alpha value is -2.82. The van der Waals surface area contributed by atoms with E-state index in [1.807, 2.05) is 31.2 Å². The molecule has 0 radical (unpaired) electrons. The molecular weight excluding hydrogens is 340 g/mol. The lowest BCUT2D eigenvalue weighted by Crippen LogP contribution is -2.41. The molecule has 1 atom stereocenters. The van der Waals surface area contributed by atoms with E-state index < -0.39 is 6.04 Å². The lowest BCUT2D eigenvalue weighted by molar-refractivity contribution is -0.117. The van der Waals surface area contributed by atoms with Gasteiger partial charge >= 0.3 is 0 Å². The van der Waals surface area contributed by atoms with Crippen LogP contribution in [-0.4, -0.2) is 25.0 Å². The molecule has 0 saturated heterocycles. The van der Waals surface area contributed by atoms with E-state index in [-0.39, 0.29) is 17.2 Å². The second-order valence-corrected chi connectivity index (χ2v) is 7.72. The molecule has 0 fully saturated rings. The summed E-state index contributed by atoms with van der Waals surface area (Å²) in [5.41, 5.74) is 3.28. The van der Waals surface area contributed by atoms with E-state index in [4.69, 9.17) is 4.74 Å². The molecule has 2 aromatic rings. The number of anilines is 1. The highest BCUT2D eigenvalue weighted by Gasteiger charge is 2.19. The maximum Gasteiger partial charge on any atom is 0.251 e. The number of rotatable bonds is 5. The number of nitrogens with one attached hydrogen (secondary N) is 2. The van der Waals surface area contributed by atoms with Crippen LogP contribution in [0.25, 0.3) is 0 Å². The van der Waals surface area contributed by atoms with E-state index in [0.717, 1.165) is 11.1 Å². The monoisotopic (exact) mass is 368 g/mol. The number of ether oxygens (including phenoxy) is 1. The average molecular weight is 368 g/mol. The van der Waals surface area contributed by atoms with Gasteiger partial charge in [0.25, 0.3) is 5.91 Å². The van der Waals surface area contributed by atoms with Crippen molar-refractivity contribution in [1.82, 2.24) is 5.32 Å². The van der Waals surface area contributed by atoms with Crippen molar-refractivity contribution < 1.29 is 14.3 Å². The minimum absolute atomic E-state index is 0.0229. The van der Waals surface area contributed by atoms with E-state index in [9.17, 15) is 9.59 Å². The quantitative estimate of drug-likeness (QED) is 0.836. The maximum absolute atomic E-state index is 12.5. The average Bonchev–Trinajstić information content (AvgIpc) is 2.61. The van der Waals surface area contributed by atoms with Crippen LogP contribution >= 0.6 is 0 Å². The first kappa shape index (κ1) is 20.5. The van der Waals surface area contributed by atoms with Gasteiger partial charge in [-0.1, -0.05) is 39.0 Å². The Labute approximate surface area is 161 Å². The summed E-state index contributed by atoms with van der Waals surface area (Å²) in [6.45, 7) is 9.94. The Morgan fingerprint density at radius 3 is 2.22 bits per heavy atom. The molecule has 2 N–H and O–H groups in total. The van der Waals surface area contributed by atoms with E-state index in [1.54, 1.807) is 32.2 Å². The van der Waals surface area contributed by atoms with Gasteiger partial charge in [-0.3, -0.25) is 9.59 Å². The maximum atomic E-state index is 12.5. The van der Waals surface area contributed by atoms with Crippen LogP contribution in [0.1, 0.15) is 49.2 Å². The molecule has 0 aromatic heterocycles. The molecule has 0 heterocycles. The number of benzene rings is 2. The number of hydrogen-bond donors (Lipinski definition) is 2. The first-order chi connectivity index (χ1) is 12.6. The fourth-order valence-corrected chi connectivity index (χ4v) is 2.63. The van der Waals surface area contributed by atoms with Crippen LogP contribution in [0, 0.1) is 6.92 Å². The minimum atomic E-state index is -0.690. The zero-order valence-corrected chi connectivity index (χ0v) is 16.8. The number of methoxy groups -OCH3 is 1. The molecule has 1 unspecified atom stereocenters. The first-order valence-electron chi connectivity index (χ1n) is 8.98. The van der Waals surface area contributed by atoms with Crippen LogP contribution in [0.3, 0.4) is 0 Å². The van der Waals surface area contributed by atoms with E-state index in [0.29, 0.717) is 17.0 Å². The van der Waals surface area contributed by atoms with Gasteiger partial charge < -0.3 is 15.4 Å². The third-order valence-electron chi connectivity index (χ3n) is 4.37. The fraction of sp³-hybridized carbons (Fsp3) is 0.364. The Balaban J connectivity index is 2.03. The van der Waals surface area contributed by atoms with E-state index in [2.05, 4.69) is 31.4 Å². The number of hydrogen-bond acceptors (Lipinski definition) is 3. The Morgan fingerprint density at radius 1 is 1.04 bits per heavy atom. The highest BCUT2D eigenvalue weighted by molar-refractivity contribution is 6.01. The number of carbonyl (C=O) groups is 2. The van der Waals surface area contributed by atoms with Gasteiger partial charge in [0.15, 0.2) is 0 Å². The van der Waals surface area contributed by atoms with Crippen molar-refractivity contribution in [2.24, 2.45) is 0 Å². The molecule has 2 aromatic carbocycles. The zero-order valence-electron chi connectivity index (χ0n) is 16.8. The predicted molar refractivity (Wildman–Crippen MR) is 108 cm³/mol. The SMILES string of the molecule is COc1ccc(C)cc1NC(=O)C(C)NC(=O)c1ccc(C(C)(C)C)cc1. The lowest BCUT2D eigenvalue weighted by atomic mass is 9.86. The lowest BCUT2D eigenvalue weighted by Gasteiger charge is -2.19. The Bertz CT molecular complexity index is 820. The molecule has 0 bridgehead atoms. The second-order valence-electron chi connectivity index (χ2n) is 7.72. The molecule has 5 nitrogen and oxygen atoms in total. The molecule has 2 amide bonds. The van der Waals surface area contributed by atoms with Crippen molar-refractivity contribution in [2.75, 3.05) is 12.4 Å². The summed E-state index contributed by atoms with van der Waals surface area (Å²) in [6, 6.07) is 12.3. The minimum Gasteiger partial charge on any atom is -0.495 e. The van der Waals surface area contributed by atoms with Crippen molar-refractivity contribution in [3.05, 3.63) is 59.2 Å². The summed E-state index contributed by atoms with van der Waals surface area (Å²) in [4.78, 5) is 24.9. The van der Waals surface area contributed by atoms with Gasteiger partial charge in [0.1, 0.15) is 11.8 Å². The van der Waals surface area contributed by atoms with Gasteiger partial charge in [-0.15, -0.1) is 0 Å². The van der Waals surface area contributed by atoms with Crippen LogP contribution in [0.2, 0.25) is 0 Å². The largest absolute Gasteiger partial charge is 0.495 e. The van der Waals surface area contributed by atoms with Crippen molar-refractivity contribution in [3.8, 4) is 5.75 Å². The van der Waals surface area contributed by atoms with Crippen LogP contribution < -0.4 is 15.4 Å². The van der Waals surface area contributed by atoms with E-state index in [1.165, 1.54) is 0 Å². The fourth-order valence-electron chi connectivity index (χ4n) is 2.63. The smallest absolute Gasteiger partial charge is 0.251 e. The van der Waals surface area contributed by atoms with Gasteiger partial charge in [-0.05, 0) is 54.7 Å². The van der Waals surface area contributed by atoms with Crippen molar-refractivity contribution >= 4 is 17.5 Å². The standard InChI is InChI=1S/C22H28N2O3/c1-14-7-12-19(27-6)18(13-14)24-20(25)15(2)23-21(26)16-8-10-17(11-9-16)22(3,4)5/h7-13,15H,1-6H3,(H,23,26)(H,24,25). The molecule has 0 aliphatic carbocycles. The highest BCUT2D eigenvalue weighted by atomic mass is 16.5. The number of aryl methyl sites for hydroxylation is 1. The number of carbonyl (C=O) groups excluding carboxylic acids is 2. The normalized spacial score (nSPS) is 12.2. The van der Waals surface area contributed by atoms with Gasteiger partial charge in [0.2, 0.25) is 5.91 Å². The topological polar surface area (TPSA) is 67.4 Å². The molecule has 0 saturated carbocycles. The summed E-state index contributed by atoms with van der Waals surface area (Å²) in [6.07, 6.45) is 0. The summed E-state index contributed by atoms with van der Waals surface area (Å²) in [5, 5.41) is 5.54. The molecule has 0 aliphatic heterocycles. The van der Waals surface area contributed by atoms with Gasteiger partial charge in [0.05, 0.1) is 12.8 Å². The molecule has 0 aliphatic rings. The van der Waals surface area contributed by atoms with Crippen molar-refractivity contribution in [2.45, 2.75) is 46.1 Å². The van der Waals surface area contributed by atoms with Crippen LogP contribution in [0.5, 0.6) is 5.75 Å². The highest BCUT2D eigenvalue weighted by Crippen LogP contribution is 2.25. The molecule has 144 valence electrons. The summed E-state index contributed by atoms with van der Waals surface area (Å²) in [7, 11) is 1.55. The third-order valence-corrected chi connectivity index (χ3v) is 4.37. The van der Waals surface area contributed by atoms with Gasteiger partial charge in [0, 0.05) is 5.56 Å². The molecule has 27 heavy (non-hydrogen) atoms. The van der Waals surface area contributed by atoms with Gasteiger partial charge in [-0.25, -0.2) is 0 Å². The predicted octanol–water partition coefficient (Wildman–Crippen LogP) is 4.06. The summed E-state index contributed by atoms with van der Waals surface area (Å²) in [5.74, 6) is -0.0156. The Morgan fingerprint density at radius 2 is 1.67 bits per heavy atom. The van der Waals surface area contributed by atoms with Crippen LogP contribution in [-0.2, 0) is 10.2 Å². The van der Waals surface area contributed by atoms with Gasteiger partial charge in [-0.2, -0.15) is 0 Å². The molecule has 2 rings (SSSR count). The molecule has 0 spiro atoms. The van der Waals surface area contributed by atoms with E-state index >= 15 is 0 Å².